The first-order chi connectivity index (χ1) is 8.01. The van der Waals surface area contributed by atoms with Gasteiger partial charge < -0.3 is 4.74 Å². The molecule has 1 rings (SSSR count). The van der Waals surface area contributed by atoms with Crippen LogP contribution >= 0.6 is 15.9 Å². The molecule has 0 amide bonds. The second-order valence-electron chi connectivity index (χ2n) is 2.90. The molecule has 1 aromatic heterocycles. The molecular formula is C10H7BrF2N2O2. The van der Waals surface area contributed by atoms with Gasteiger partial charge in [0.15, 0.2) is 5.69 Å². The van der Waals surface area contributed by atoms with E-state index in [2.05, 4.69) is 25.7 Å². The van der Waals surface area contributed by atoms with Crippen molar-refractivity contribution in [3.63, 3.8) is 0 Å². The molecule has 7 heteroatoms. The van der Waals surface area contributed by atoms with Gasteiger partial charge in [-0.15, -0.1) is 0 Å². The zero-order valence-electron chi connectivity index (χ0n) is 8.71. The minimum Gasteiger partial charge on any atom is -0.461 e. The van der Waals surface area contributed by atoms with Crippen LogP contribution in [0.4, 0.5) is 8.78 Å². The van der Waals surface area contributed by atoms with E-state index < -0.39 is 23.7 Å². The van der Waals surface area contributed by atoms with Gasteiger partial charge >= 0.3 is 5.97 Å². The van der Waals surface area contributed by atoms with E-state index in [0.29, 0.717) is 0 Å². The van der Waals surface area contributed by atoms with Crippen LogP contribution in [0.2, 0.25) is 0 Å². The highest BCUT2D eigenvalue weighted by molar-refractivity contribution is 9.10. The van der Waals surface area contributed by atoms with E-state index in [1.165, 1.54) is 0 Å². The standard InChI is InChI=1S/C10H7BrF2N2O2/c1-2-17-10(16)7-6(9(12)13)3-5(4-14)8(11)15-7/h3,9H,2H2,1H3. The maximum atomic E-state index is 12.7. The van der Waals surface area contributed by atoms with Gasteiger partial charge in [-0.05, 0) is 28.9 Å². The molecule has 17 heavy (non-hydrogen) atoms. The van der Waals surface area contributed by atoms with E-state index in [0.717, 1.165) is 6.07 Å². The number of aromatic nitrogens is 1. The molecule has 90 valence electrons. The molecule has 0 saturated carbocycles. The van der Waals surface area contributed by atoms with Crippen molar-refractivity contribution in [1.29, 1.82) is 5.26 Å². The van der Waals surface area contributed by atoms with Crippen molar-refractivity contribution in [2.45, 2.75) is 13.3 Å². The number of alkyl halides is 2. The Balaban J connectivity index is 3.34. The Morgan fingerprint density at radius 3 is 2.82 bits per heavy atom. The molecule has 0 bridgehead atoms. The Morgan fingerprint density at radius 2 is 2.35 bits per heavy atom. The van der Waals surface area contributed by atoms with Crippen LogP contribution in [0.5, 0.6) is 0 Å². The van der Waals surface area contributed by atoms with Crippen molar-refractivity contribution < 1.29 is 18.3 Å². The van der Waals surface area contributed by atoms with Gasteiger partial charge in [-0.3, -0.25) is 0 Å². The molecule has 0 radical (unpaired) electrons. The summed E-state index contributed by atoms with van der Waals surface area (Å²) < 4.78 is 30.1. The lowest BCUT2D eigenvalue weighted by atomic mass is 10.1. The fourth-order valence-corrected chi connectivity index (χ4v) is 1.49. The molecule has 0 unspecified atom stereocenters. The van der Waals surface area contributed by atoms with Crippen molar-refractivity contribution in [3.05, 3.63) is 27.5 Å². The molecule has 0 atom stereocenters. The lowest BCUT2D eigenvalue weighted by molar-refractivity contribution is 0.0507. The summed E-state index contributed by atoms with van der Waals surface area (Å²) in [6, 6.07) is 2.62. The summed E-state index contributed by atoms with van der Waals surface area (Å²) in [5, 5.41) is 8.68. The number of esters is 1. The molecule has 0 fully saturated rings. The Hall–Kier alpha value is -1.55. The summed E-state index contributed by atoms with van der Waals surface area (Å²) in [4.78, 5) is 15.0. The number of nitriles is 1. The normalized spacial score (nSPS) is 10.1. The minimum atomic E-state index is -2.90. The fraction of sp³-hybridized carbons (Fsp3) is 0.300. The molecule has 4 nitrogen and oxygen atoms in total. The van der Waals surface area contributed by atoms with E-state index in [-0.39, 0.29) is 16.8 Å². The lowest BCUT2D eigenvalue weighted by Gasteiger charge is -2.08. The van der Waals surface area contributed by atoms with Crippen molar-refractivity contribution in [3.8, 4) is 6.07 Å². The van der Waals surface area contributed by atoms with Gasteiger partial charge in [-0.2, -0.15) is 5.26 Å². The zero-order valence-corrected chi connectivity index (χ0v) is 10.3. The topological polar surface area (TPSA) is 63.0 Å². The monoisotopic (exact) mass is 304 g/mol. The maximum absolute atomic E-state index is 12.7. The molecule has 0 aromatic carbocycles. The Kier molecular flexibility index (Phi) is 4.52. The van der Waals surface area contributed by atoms with Crippen LogP contribution in [0.15, 0.2) is 10.7 Å². The van der Waals surface area contributed by atoms with Crippen LogP contribution in [0, 0.1) is 11.3 Å². The Bertz CT molecular complexity index is 486. The molecular weight excluding hydrogens is 298 g/mol. The number of halogens is 3. The number of nitrogens with zero attached hydrogens (tertiary/aromatic N) is 2. The van der Waals surface area contributed by atoms with Gasteiger partial charge in [-0.1, -0.05) is 0 Å². The highest BCUT2D eigenvalue weighted by Crippen LogP contribution is 2.26. The highest BCUT2D eigenvalue weighted by Gasteiger charge is 2.23. The third-order valence-corrected chi connectivity index (χ3v) is 2.43. The van der Waals surface area contributed by atoms with Crippen molar-refractivity contribution in [2.75, 3.05) is 6.61 Å². The number of ether oxygens (including phenoxy) is 1. The number of carbonyl (C=O) groups excluding carboxylic acids is 1. The predicted octanol–water partition coefficient (Wildman–Crippen LogP) is 2.83. The Labute approximate surface area is 104 Å². The summed E-state index contributed by atoms with van der Waals surface area (Å²) in [6.45, 7) is 1.61. The quantitative estimate of drug-likeness (QED) is 0.636. The van der Waals surface area contributed by atoms with Crippen LogP contribution < -0.4 is 0 Å². The molecule has 1 heterocycles. The van der Waals surface area contributed by atoms with E-state index in [4.69, 9.17) is 5.26 Å². The average molecular weight is 305 g/mol. The van der Waals surface area contributed by atoms with E-state index in [1.807, 2.05) is 0 Å². The summed E-state index contributed by atoms with van der Waals surface area (Å²) in [5.74, 6) is -0.937. The predicted molar refractivity (Wildman–Crippen MR) is 57.6 cm³/mol. The van der Waals surface area contributed by atoms with E-state index in [9.17, 15) is 13.6 Å². The summed E-state index contributed by atoms with van der Waals surface area (Å²) in [5.41, 5.74) is -1.15. The molecule has 0 aliphatic heterocycles. The maximum Gasteiger partial charge on any atom is 0.357 e. The molecule has 1 aromatic rings. The molecule has 0 saturated heterocycles. The van der Waals surface area contributed by atoms with Gasteiger partial charge in [0, 0.05) is 0 Å². The summed E-state index contributed by atoms with van der Waals surface area (Å²) >= 11 is 2.92. The van der Waals surface area contributed by atoms with Crippen molar-refractivity contribution >= 4 is 21.9 Å². The second-order valence-corrected chi connectivity index (χ2v) is 3.65. The van der Waals surface area contributed by atoms with Gasteiger partial charge in [0.25, 0.3) is 6.43 Å². The number of hydrogen-bond donors (Lipinski definition) is 0. The Morgan fingerprint density at radius 1 is 1.71 bits per heavy atom. The summed E-state index contributed by atoms with van der Waals surface area (Å²) in [7, 11) is 0. The number of rotatable bonds is 3. The van der Waals surface area contributed by atoms with Gasteiger partial charge in [0.2, 0.25) is 0 Å². The second kappa shape index (κ2) is 5.68. The first-order valence-electron chi connectivity index (χ1n) is 4.57. The summed E-state index contributed by atoms with van der Waals surface area (Å²) in [6.07, 6.45) is -2.90. The third-order valence-electron chi connectivity index (χ3n) is 1.83. The number of pyridine rings is 1. The molecule has 0 N–H and O–H groups in total. The first-order valence-corrected chi connectivity index (χ1v) is 5.36. The van der Waals surface area contributed by atoms with Crippen LogP contribution in [0.1, 0.15) is 35.0 Å². The smallest absolute Gasteiger partial charge is 0.357 e. The van der Waals surface area contributed by atoms with Crippen LogP contribution in [0.3, 0.4) is 0 Å². The minimum absolute atomic E-state index is 0.0347. The molecule has 0 aliphatic rings. The lowest BCUT2D eigenvalue weighted by Crippen LogP contribution is -2.12. The molecule has 0 aliphatic carbocycles. The van der Waals surface area contributed by atoms with Crippen LogP contribution in [0.25, 0.3) is 0 Å². The van der Waals surface area contributed by atoms with Gasteiger partial charge in [-0.25, -0.2) is 18.6 Å². The highest BCUT2D eigenvalue weighted by atomic mass is 79.9. The first kappa shape index (κ1) is 13.5. The van der Waals surface area contributed by atoms with Crippen molar-refractivity contribution in [1.82, 2.24) is 4.98 Å². The third kappa shape index (κ3) is 2.97. The van der Waals surface area contributed by atoms with E-state index >= 15 is 0 Å². The molecule has 0 spiro atoms. The van der Waals surface area contributed by atoms with Crippen LogP contribution in [-0.2, 0) is 4.74 Å². The number of hydrogen-bond acceptors (Lipinski definition) is 4. The van der Waals surface area contributed by atoms with Gasteiger partial charge in [0.05, 0.1) is 17.7 Å². The average Bonchev–Trinajstić information content (AvgIpc) is 2.28. The van der Waals surface area contributed by atoms with Gasteiger partial charge in [0.1, 0.15) is 10.7 Å². The van der Waals surface area contributed by atoms with Crippen molar-refractivity contribution in [2.24, 2.45) is 0 Å². The largest absolute Gasteiger partial charge is 0.461 e. The van der Waals surface area contributed by atoms with Crippen LogP contribution in [-0.4, -0.2) is 17.6 Å². The fourth-order valence-electron chi connectivity index (χ4n) is 1.11. The zero-order chi connectivity index (χ0) is 13.0. The SMILES string of the molecule is CCOC(=O)c1nc(Br)c(C#N)cc1C(F)F. The van der Waals surface area contributed by atoms with E-state index in [1.54, 1.807) is 13.0 Å². The number of carbonyl (C=O) groups is 1.